The van der Waals surface area contributed by atoms with Crippen LogP contribution in [0.3, 0.4) is 0 Å². The third kappa shape index (κ3) is 1.96. The number of hydrogen-bond donors (Lipinski definition) is 1. The van der Waals surface area contributed by atoms with Gasteiger partial charge in [0.05, 0.1) is 12.0 Å². The third-order valence-electron chi connectivity index (χ3n) is 1.27. The first-order valence-electron chi connectivity index (χ1n) is 3.07. The van der Waals surface area contributed by atoms with E-state index in [-0.39, 0.29) is 4.90 Å². The van der Waals surface area contributed by atoms with E-state index in [1.54, 1.807) is 0 Å². The Hall–Kier alpha value is -1.07. The minimum Gasteiger partial charge on any atom is -0.496 e. The summed E-state index contributed by atoms with van der Waals surface area (Å²) in [6, 6.07) is 6.33. The van der Waals surface area contributed by atoms with Crippen LogP contribution in [0.5, 0.6) is 5.75 Å². The molecule has 1 aromatic carbocycles. The smallest absolute Gasteiger partial charge is 0.294 e. The highest BCUT2D eigenvalue weighted by Gasteiger charge is 2.08. The van der Waals surface area contributed by atoms with Gasteiger partial charge >= 0.3 is 0 Å². The van der Waals surface area contributed by atoms with Crippen LogP contribution < -0.4 is 4.74 Å². The second-order valence-corrected chi connectivity index (χ2v) is 3.49. The first kappa shape index (κ1) is 9.02. The van der Waals surface area contributed by atoms with Crippen molar-refractivity contribution in [3.05, 3.63) is 24.3 Å². The molecule has 0 saturated heterocycles. The normalized spacial score (nSPS) is 11.2. The Morgan fingerprint density at radius 3 is 2.50 bits per heavy atom. The number of benzene rings is 1. The van der Waals surface area contributed by atoms with Crippen LogP contribution in [-0.2, 0) is 10.1 Å². The van der Waals surface area contributed by atoms with Gasteiger partial charge in [-0.2, -0.15) is 8.42 Å². The first-order chi connectivity index (χ1) is 5.54. The Morgan fingerprint density at radius 1 is 1.50 bits per heavy atom. The third-order valence-corrected chi connectivity index (χ3v) is 2.12. The standard InChI is InChI=1S/C7H7O4S/c1-11-6-2-4-7(5-3-6)12(8,9)10/h2,4-5H,1H3,(H,8,9,10). The van der Waals surface area contributed by atoms with E-state index in [2.05, 4.69) is 6.07 Å². The van der Waals surface area contributed by atoms with Crippen molar-refractivity contribution in [1.29, 1.82) is 0 Å². The van der Waals surface area contributed by atoms with Crippen molar-refractivity contribution < 1.29 is 17.7 Å². The highest BCUT2D eigenvalue weighted by molar-refractivity contribution is 7.85. The van der Waals surface area contributed by atoms with Crippen molar-refractivity contribution in [1.82, 2.24) is 0 Å². The lowest BCUT2D eigenvalue weighted by molar-refractivity contribution is 0.413. The van der Waals surface area contributed by atoms with E-state index in [9.17, 15) is 8.42 Å². The highest BCUT2D eigenvalue weighted by atomic mass is 32.2. The second kappa shape index (κ2) is 3.12. The van der Waals surface area contributed by atoms with Gasteiger partial charge in [0.1, 0.15) is 5.75 Å². The van der Waals surface area contributed by atoms with Crippen LogP contribution in [0.2, 0.25) is 0 Å². The average Bonchev–Trinajstić information content (AvgIpc) is 2.03. The summed E-state index contributed by atoms with van der Waals surface area (Å²) in [6.45, 7) is 0. The number of rotatable bonds is 2. The molecule has 0 aromatic heterocycles. The van der Waals surface area contributed by atoms with Crippen molar-refractivity contribution >= 4 is 10.1 Å². The van der Waals surface area contributed by atoms with E-state index in [1.165, 1.54) is 19.2 Å². The molecule has 0 aliphatic heterocycles. The fourth-order valence-electron chi connectivity index (χ4n) is 0.684. The molecule has 5 heteroatoms. The molecule has 65 valence electrons. The van der Waals surface area contributed by atoms with E-state index in [1.807, 2.05) is 0 Å². The largest absolute Gasteiger partial charge is 0.496 e. The maximum absolute atomic E-state index is 10.5. The van der Waals surface area contributed by atoms with Crippen molar-refractivity contribution in [2.45, 2.75) is 4.90 Å². The fraction of sp³-hybridized carbons (Fsp3) is 0.143. The molecule has 1 N–H and O–H groups in total. The fourth-order valence-corrected chi connectivity index (χ4v) is 1.13. The van der Waals surface area contributed by atoms with E-state index >= 15 is 0 Å². The van der Waals surface area contributed by atoms with Gasteiger partial charge in [-0.25, -0.2) is 0 Å². The van der Waals surface area contributed by atoms with Crippen molar-refractivity contribution in [3.8, 4) is 5.75 Å². The molecule has 1 radical (unpaired) electrons. The minimum atomic E-state index is -4.11. The molecule has 0 saturated carbocycles. The summed E-state index contributed by atoms with van der Waals surface area (Å²) in [5.41, 5.74) is 0. The van der Waals surface area contributed by atoms with Gasteiger partial charge in [0, 0.05) is 6.07 Å². The monoisotopic (exact) mass is 187 g/mol. The summed E-state index contributed by atoms with van der Waals surface area (Å²) in [7, 11) is -2.67. The predicted molar refractivity (Wildman–Crippen MR) is 41.6 cm³/mol. The van der Waals surface area contributed by atoms with Crippen LogP contribution in [0, 0.1) is 6.07 Å². The molecule has 0 spiro atoms. The maximum atomic E-state index is 10.5. The van der Waals surface area contributed by atoms with Gasteiger partial charge in [-0.3, -0.25) is 4.55 Å². The predicted octanol–water partition coefficient (Wildman–Crippen LogP) is 0.742. The summed E-state index contributed by atoms with van der Waals surface area (Å²) in [5, 5.41) is 0. The number of ether oxygens (including phenoxy) is 1. The van der Waals surface area contributed by atoms with E-state index in [0.717, 1.165) is 6.07 Å². The molecule has 12 heavy (non-hydrogen) atoms. The van der Waals surface area contributed by atoms with Crippen LogP contribution in [0.15, 0.2) is 23.1 Å². The Labute approximate surface area is 70.5 Å². The summed E-state index contributed by atoms with van der Waals surface area (Å²) in [4.78, 5) is -0.191. The Morgan fingerprint density at radius 2 is 2.17 bits per heavy atom. The van der Waals surface area contributed by atoms with Crippen LogP contribution in [0.4, 0.5) is 0 Å². The van der Waals surface area contributed by atoms with Gasteiger partial charge in [0.2, 0.25) is 0 Å². The van der Waals surface area contributed by atoms with Gasteiger partial charge < -0.3 is 4.74 Å². The molecule has 0 aliphatic rings. The van der Waals surface area contributed by atoms with Crippen molar-refractivity contribution in [2.24, 2.45) is 0 Å². The number of methoxy groups -OCH3 is 1. The van der Waals surface area contributed by atoms with Crippen LogP contribution in [-0.4, -0.2) is 20.1 Å². The topological polar surface area (TPSA) is 63.6 Å². The summed E-state index contributed by atoms with van der Waals surface area (Å²) < 4.78 is 34.4. The Balaban J connectivity index is 3.09. The Kier molecular flexibility index (Phi) is 2.35. The molecule has 0 bridgehead atoms. The summed E-state index contributed by atoms with van der Waals surface area (Å²) in [5.74, 6) is 0.419. The van der Waals surface area contributed by atoms with Crippen LogP contribution >= 0.6 is 0 Å². The van der Waals surface area contributed by atoms with Gasteiger partial charge in [-0.05, 0) is 18.2 Å². The van der Waals surface area contributed by atoms with Gasteiger partial charge in [-0.1, -0.05) is 0 Å². The average molecular weight is 187 g/mol. The van der Waals surface area contributed by atoms with Gasteiger partial charge in [-0.15, -0.1) is 0 Å². The lowest BCUT2D eigenvalue weighted by Gasteiger charge is -1.98. The summed E-state index contributed by atoms with van der Waals surface area (Å²) in [6.07, 6.45) is 0. The molecule has 0 atom stereocenters. The molecule has 0 heterocycles. The molecule has 1 rings (SSSR count). The SMILES string of the molecule is COc1[c]cc(S(=O)(=O)O)cc1. The number of hydrogen-bond acceptors (Lipinski definition) is 3. The molecular formula is C7H7O4S. The molecule has 1 aromatic rings. The summed E-state index contributed by atoms with van der Waals surface area (Å²) >= 11 is 0. The van der Waals surface area contributed by atoms with Gasteiger partial charge in [0.25, 0.3) is 10.1 Å². The zero-order chi connectivity index (χ0) is 9.19. The molecule has 0 amide bonds. The molecule has 4 nitrogen and oxygen atoms in total. The zero-order valence-corrected chi connectivity index (χ0v) is 7.13. The zero-order valence-electron chi connectivity index (χ0n) is 6.31. The lowest BCUT2D eigenvalue weighted by atomic mass is 10.3. The maximum Gasteiger partial charge on any atom is 0.294 e. The van der Waals surface area contributed by atoms with Crippen molar-refractivity contribution in [3.63, 3.8) is 0 Å². The highest BCUT2D eigenvalue weighted by Crippen LogP contribution is 2.13. The van der Waals surface area contributed by atoms with Crippen LogP contribution in [0.1, 0.15) is 0 Å². The van der Waals surface area contributed by atoms with E-state index in [0.29, 0.717) is 5.75 Å². The van der Waals surface area contributed by atoms with Crippen LogP contribution in [0.25, 0.3) is 0 Å². The van der Waals surface area contributed by atoms with Gasteiger partial charge in [0.15, 0.2) is 0 Å². The van der Waals surface area contributed by atoms with E-state index in [4.69, 9.17) is 9.29 Å². The molecule has 0 aliphatic carbocycles. The Bertz CT molecular complexity index is 351. The molecule has 0 fully saturated rings. The lowest BCUT2D eigenvalue weighted by Crippen LogP contribution is -1.97. The first-order valence-corrected chi connectivity index (χ1v) is 4.51. The van der Waals surface area contributed by atoms with E-state index < -0.39 is 10.1 Å². The second-order valence-electron chi connectivity index (χ2n) is 2.07. The quantitative estimate of drug-likeness (QED) is 0.693. The minimum absolute atomic E-state index is 0.191. The van der Waals surface area contributed by atoms with Crippen molar-refractivity contribution in [2.75, 3.05) is 7.11 Å². The molecule has 0 unspecified atom stereocenters. The molecular weight excluding hydrogens is 180 g/mol.